The molecule has 3 aromatic rings. The Morgan fingerprint density at radius 2 is 1.81 bits per heavy atom. The minimum Gasteiger partial charge on any atom is -0.497 e. The van der Waals surface area contributed by atoms with Crippen LogP contribution in [0.15, 0.2) is 72.9 Å². The van der Waals surface area contributed by atoms with Gasteiger partial charge in [-0.15, -0.1) is 0 Å². The summed E-state index contributed by atoms with van der Waals surface area (Å²) >= 11 is 0. The number of nitrogens with one attached hydrogen (secondary N) is 1. The van der Waals surface area contributed by atoms with Gasteiger partial charge >= 0.3 is 5.97 Å². The lowest BCUT2D eigenvalue weighted by Crippen LogP contribution is -2.43. The fourth-order valence-electron chi connectivity index (χ4n) is 3.21. The van der Waals surface area contributed by atoms with Crippen molar-refractivity contribution in [2.24, 2.45) is 0 Å². The zero-order valence-corrected chi connectivity index (χ0v) is 14.3. The Balaban J connectivity index is 1.78. The van der Waals surface area contributed by atoms with Gasteiger partial charge in [0.2, 0.25) is 5.72 Å². The summed E-state index contributed by atoms with van der Waals surface area (Å²) in [5.74, 6) is 0.399. The summed E-state index contributed by atoms with van der Waals surface area (Å²) in [7, 11) is 1.62. The highest BCUT2D eigenvalue weighted by molar-refractivity contribution is 5.95. The molecular weight excluding hydrogens is 328 g/mol. The maximum atomic E-state index is 12.5. The van der Waals surface area contributed by atoms with E-state index in [4.69, 9.17) is 9.47 Å². The van der Waals surface area contributed by atoms with Gasteiger partial charge < -0.3 is 9.47 Å². The molecule has 0 saturated carbocycles. The van der Waals surface area contributed by atoms with Gasteiger partial charge in [-0.3, -0.25) is 10.3 Å². The van der Waals surface area contributed by atoms with Crippen LogP contribution in [0.2, 0.25) is 0 Å². The average Bonchev–Trinajstić information content (AvgIpc) is 3.01. The molecular formula is C21H18N2O3. The maximum absolute atomic E-state index is 12.5. The van der Waals surface area contributed by atoms with Gasteiger partial charge in [-0.1, -0.05) is 24.3 Å². The SMILES string of the molecule is COc1ccc(C2(NCc3ccccn3)OC(=O)c3ccccc32)cc1. The molecule has 0 fully saturated rings. The number of pyridine rings is 1. The number of benzene rings is 2. The van der Waals surface area contributed by atoms with E-state index in [0.29, 0.717) is 12.1 Å². The first-order valence-corrected chi connectivity index (χ1v) is 8.35. The van der Waals surface area contributed by atoms with Crippen molar-refractivity contribution in [2.75, 3.05) is 7.11 Å². The molecule has 1 N–H and O–H groups in total. The molecule has 1 aliphatic rings. The number of cyclic esters (lactones) is 1. The molecule has 0 bridgehead atoms. The number of aromatic nitrogens is 1. The summed E-state index contributed by atoms with van der Waals surface area (Å²) in [4.78, 5) is 16.8. The molecule has 26 heavy (non-hydrogen) atoms. The third-order valence-corrected chi connectivity index (χ3v) is 4.51. The van der Waals surface area contributed by atoms with Crippen LogP contribution in [0, 0.1) is 0 Å². The third kappa shape index (κ3) is 2.72. The minimum absolute atomic E-state index is 0.343. The molecule has 4 rings (SSSR count). The number of rotatable bonds is 5. The number of fused-ring (bicyclic) bond motifs is 1. The highest BCUT2D eigenvalue weighted by atomic mass is 16.6. The van der Waals surface area contributed by atoms with Crippen LogP contribution in [0.3, 0.4) is 0 Å². The molecule has 1 atom stereocenters. The first-order chi connectivity index (χ1) is 12.7. The van der Waals surface area contributed by atoms with Crippen molar-refractivity contribution in [3.63, 3.8) is 0 Å². The van der Waals surface area contributed by atoms with E-state index in [9.17, 15) is 4.79 Å². The van der Waals surface area contributed by atoms with Gasteiger partial charge in [0.05, 0.1) is 18.4 Å². The average molecular weight is 346 g/mol. The van der Waals surface area contributed by atoms with Gasteiger partial charge in [-0.25, -0.2) is 4.79 Å². The lowest BCUT2D eigenvalue weighted by molar-refractivity contribution is -0.00601. The Kier molecular flexibility index (Phi) is 4.14. The van der Waals surface area contributed by atoms with Gasteiger partial charge in [-0.05, 0) is 42.5 Å². The predicted octanol–water partition coefficient (Wildman–Crippen LogP) is 3.25. The Morgan fingerprint density at radius 3 is 2.54 bits per heavy atom. The number of ether oxygens (including phenoxy) is 2. The number of methoxy groups -OCH3 is 1. The molecule has 0 amide bonds. The molecule has 5 nitrogen and oxygen atoms in total. The summed E-state index contributed by atoms with van der Waals surface area (Å²) in [6.07, 6.45) is 1.74. The molecule has 2 aromatic carbocycles. The Bertz CT molecular complexity index is 926. The predicted molar refractivity (Wildman–Crippen MR) is 96.7 cm³/mol. The highest BCUT2D eigenvalue weighted by Crippen LogP contribution is 2.40. The summed E-state index contributed by atoms with van der Waals surface area (Å²) in [5, 5.41) is 3.41. The molecule has 1 aliphatic heterocycles. The number of nitrogens with zero attached hydrogens (tertiary/aromatic N) is 1. The number of carbonyl (C=O) groups is 1. The zero-order valence-electron chi connectivity index (χ0n) is 14.3. The Labute approximate surface area is 151 Å². The molecule has 0 spiro atoms. The smallest absolute Gasteiger partial charge is 0.340 e. The van der Waals surface area contributed by atoms with Crippen LogP contribution in [0.25, 0.3) is 0 Å². The summed E-state index contributed by atoms with van der Waals surface area (Å²) in [6, 6.07) is 20.7. The second-order valence-corrected chi connectivity index (χ2v) is 6.02. The fraction of sp³-hybridized carbons (Fsp3) is 0.143. The van der Waals surface area contributed by atoms with Crippen LogP contribution in [-0.2, 0) is 17.0 Å². The van der Waals surface area contributed by atoms with Gasteiger partial charge in [-0.2, -0.15) is 0 Å². The summed E-state index contributed by atoms with van der Waals surface area (Å²) < 4.78 is 11.1. The van der Waals surface area contributed by atoms with Crippen LogP contribution in [0.5, 0.6) is 5.75 Å². The summed E-state index contributed by atoms with van der Waals surface area (Å²) in [6.45, 7) is 0.453. The Hall–Kier alpha value is -3.18. The van der Waals surface area contributed by atoms with Crippen LogP contribution in [0.4, 0.5) is 0 Å². The normalized spacial score (nSPS) is 18.3. The molecule has 0 aliphatic carbocycles. The zero-order chi connectivity index (χ0) is 18.0. The second kappa shape index (κ2) is 6.61. The van der Waals surface area contributed by atoms with Crippen molar-refractivity contribution < 1.29 is 14.3 Å². The van der Waals surface area contributed by atoms with Crippen molar-refractivity contribution in [2.45, 2.75) is 12.3 Å². The van der Waals surface area contributed by atoms with Crippen molar-refractivity contribution in [1.82, 2.24) is 10.3 Å². The third-order valence-electron chi connectivity index (χ3n) is 4.51. The van der Waals surface area contributed by atoms with Crippen LogP contribution >= 0.6 is 0 Å². The lowest BCUT2D eigenvalue weighted by atomic mass is 9.92. The van der Waals surface area contributed by atoms with Crippen LogP contribution in [-0.4, -0.2) is 18.1 Å². The van der Waals surface area contributed by atoms with Crippen LogP contribution < -0.4 is 10.1 Å². The van der Waals surface area contributed by atoms with Crippen molar-refractivity contribution >= 4 is 5.97 Å². The van der Waals surface area contributed by atoms with E-state index in [2.05, 4.69) is 10.3 Å². The number of hydrogen-bond donors (Lipinski definition) is 1. The van der Waals surface area contributed by atoms with Gasteiger partial charge in [0.25, 0.3) is 0 Å². The van der Waals surface area contributed by atoms with E-state index >= 15 is 0 Å². The topological polar surface area (TPSA) is 60.4 Å². The molecule has 2 heterocycles. The summed E-state index contributed by atoms with van der Waals surface area (Å²) in [5.41, 5.74) is 1.99. The van der Waals surface area contributed by atoms with E-state index in [-0.39, 0.29) is 5.97 Å². The van der Waals surface area contributed by atoms with E-state index in [1.54, 1.807) is 19.4 Å². The minimum atomic E-state index is -1.06. The van der Waals surface area contributed by atoms with E-state index in [1.807, 2.05) is 60.7 Å². The van der Waals surface area contributed by atoms with Crippen molar-refractivity contribution in [1.29, 1.82) is 0 Å². The van der Waals surface area contributed by atoms with Gasteiger partial charge in [0.15, 0.2) is 0 Å². The van der Waals surface area contributed by atoms with Crippen molar-refractivity contribution in [3.05, 3.63) is 95.3 Å². The number of carbonyl (C=O) groups excluding carboxylic acids is 1. The molecule has 1 unspecified atom stereocenters. The van der Waals surface area contributed by atoms with E-state index in [1.165, 1.54) is 0 Å². The standard InChI is InChI=1S/C21H18N2O3/c1-25-17-11-9-15(10-12-17)21(23-14-16-6-4-5-13-22-16)19-8-3-2-7-18(19)20(24)26-21/h2-13,23H,14H2,1H3. The maximum Gasteiger partial charge on any atom is 0.340 e. The Morgan fingerprint density at radius 1 is 1.04 bits per heavy atom. The van der Waals surface area contributed by atoms with Gasteiger partial charge in [0, 0.05) is 23.9 Å². The molecule has 0 saturated heterocycles. The first-order valence-electron chi connectivity index (χ1n) is 8.35. The molecule has 130 valence electrons. The molecule has 5 heteroatoms. The van der Waals surface area contributed by atoms with Crippen LogP contribution in [0.1, 0.15) is 27.2 Å². The highest BCUT2D eigenvalue weighted by Gasteiger charge is 2.46. The first kappa shape index (κ1) is 16.3. The second-order valence-electron chi connectivity index (χ2n) is 6.02. The van der Waals surface area contributed by atoms with Crippen molar-refractivity contribution in [3.8, 4) is 5.75 Å². The monoisotopic (exact) mass is 346 g/mol. The molecule has 0 radical (unpaired) electrons. The fourth-order valence-corrected chi connectivity index (χ4v) is 3.21. The van der Waals surface area contributed by atoms with Gasteiger partial charge in [0.1, 0.15) is 5.75 Å². The lowest BCUT2D eigenvalue weighted by Gasteiger charge is -2.30. The van der Waals surface area contributed by atoms with E-state index < -0.39 is 5.72 Å². The number of hydrogen-bond acceptors (Lipinski definition) is 5. The number of esters is 1. The van der Waals surface area contributed by atoms with E-state index in [0.717, 1.165) is 22.6 Å². The largest absolute Gasteiger partial charge is 0.497 e. The quantitative estimate of drug-likeness (QED) is 0.719. The molecule has 1 aromatic heterocycles.